The summed E-state index contributed by atoms with van der Waals surface area (Å²) in [6, 6.07) is 5.23. The number of rotatable bonds is 6. The first-order chi connectivity index (χ1) is 11.6. The second-order valence-electron chi connectivity index (χ2n) is 5.35. The number of ether oxygens (including phenoxy) is 3. The highest BCUT2D eigenvalue weighted by atomic mass is 16.5. The smallest absolute Gasteiger partial charge is 0.257 e. The molecule has 0 N–H and O–H groups in total. The fourth-order valence-electron chi connectivity index (χ4n) is 2.67. The fourth-order valence-corrected chi connectivity index (χ4v) is 2.67. The van der Waals surface area contributed by atoms with Crippen LogP contribution in [0.1, 0.15) is 17.3 Å². The first-order valence-corrected chi connectivity index (χ1v) is 7.98. The summed E-state index contributed by atoms with van der Waals surface area (Å²) in [7, 11) is 3.05. The molecule has 7 nitrogen and oxygen atoms in total. The molecule has 0 unspecified atom stereocenters. The Labute approximate surface area is 142 Å². The Bertz CT molecular complexity index is 582. The van der Waals surface area contributed by atoms with Crippen molar-refractivity contribution in [1.82, 2.24) is 9.80 Å². The van der Waals surface area contributed by atoms with Crippen LogP contribution >= 0.6 is 0 Å². The maximum Gasteiger partial charge on any atom is 0.257 e. The number of carbonyl (C=O) groups is 2. The minimum Gasteiger partial charge on any atom is -0.493 e. The number of hydrogen-bond acceptors (Lipinski definition) is 5. The number of amides is 2. The van der Waals surface area contributed by atoms with Crippen molar-refractivity contribution in [3.8, 4) is 11.5 Å². The molecule has 24 heavy (non-hydrogen) atoms. The molecular formula is C17H24N2O5. The lowest BCUT2D eigenvalue weighted by Gasteiger charge is -2.35. The zero-order valence-electron chi connectivity index (χ0n) is 14.4. The number of nitrogens with zero attached hydrogens (tertiary/aromatic N) is 2. The molecule has 2 amide bonds. The van der Waals surface area contributed by atoms with Crippen molar-refractivity contribution in [2.75, 3.05) is 53.6 Å². The van der Waals surface area contributed by atoms with Crippen LogP contribution in [0.15, 0.2) is 18.2 Å². The average Bonchev–Trinajstić information content (AvgIpc) is 2.64. The highest BCUT2D eigenvalue weighted by Gasteiger charge is 2.27. The lowest BCUT2D eigenvalue weighted by atomic mass is 10.1. The van der Waals surface area contributed by atoms with Crippen LogP contribution in [0.25, 0.3) is 0 Å². The van der Waals surface area contributed by atoms with Crippen LogP contribution in [0.5, 0.6) is 11.5 Å². The molecule has 0 atom stereocenters. The Kier molecular flexibility index (Phi) is 6.43. The van der Waals surface area contributed by atoms with Gasteiger partial charge in [0.2, 0.25) is 5.91 Å². The highest BCUT2D eigenvalue weighted by molar-refractivity contribution is 5.98. The molecule has 0 spiro atoms. The third kappa shape index (κ3) is 3.97. The molecule has 1 saturated heterocycles. The van der Waals surface area contributed by atoms with Gasteiger partial charge in [0.25, 0.3) is 5.91 Å². The topological polar surface area (TPSA) is 68.3 Å². The molecule has 0 bridgehead atoms. The van der Waals surface area contributed by atoms with Crippen molar-refractivity contribution in [1.29, 1.82) is 0 Å². The third-order valence-corrected chi connectivity index (χ3v) is 3.98. The quantitative estimate of drug-likeness (QED) is 0.776. The average molecular weight is 336 g/mol. The van der Waals surface area contributed by atoms with E-state index in [9.17, 15) is 9.59 Å². The number of hydrogen-bond donors (Lipinski definition) is 0. The molecule has 0 aliphatic carbocycles. The van der Waals surface area contributed by atoms with E-state index in [2.05, 4.69) is 0 Å². The van der Waals surface area contributed by atoms with E-state index in [-0.39, 0.29) is 18.4 Å². The van der Waals surface area contributed by atoms with Gasteiger partial charge in [0.1, 0.15) is 6.61 Å². The molecule has 1 fully saturated rings. The summed E-state index contributed by atoms with van der Waals surface area (Å²) < 4.78 is 15.7. The predicted octanol–water partition coefficient (Wildman–Crippen LogP) is 1.02. The van der Waals surface area contributed by atoms with E-state index in [0.29, 0.717) is 49.8 Å². The molecule has 0 aromatic heterocycles. The van der Waals surface area contributed by atoms with Gasteiger partial charge in [-0.1, -0.05) is 6.07 Å². The van der Waals surface area contributed by atoms with Crippen molar-refractivity contribution in [3.05, 3.63) is 23.8 Å². The molecule has 1 aliphatic heterocycles. The number of methoxy groups -OCH3 is 2. The Morgan fingerprint density at radius 2 is 1.71 bits per heavy atom. The van der Waals surface area contributed by atoms with Gasteiger partial charge in [0.05, 0.1) is 19.8 Å². The van der Waals surface area contributed by atoms with Gasteiger partial charge in [-0.15, -0.1) is 0 Å². The minimum absolute atomic E-state index is 0.0390. The van der Waals surface area contributed by atoms with Gasteiger partial charge >= 0.3 is 0 Å². The van der Waals surface area contributed by atoms with Crippen LogP contribution in [-0.4, -0.2) is 75.2 Å². The summed E-state index contributed by atoms with van der Waals surface area (Å²) in [5, 5.41) is 0. The van der Waals surface area contributed by atoms with Crippen LogP contribution in [-0.2, 0) is 9.53 Å². The van der Waals surface area contributed by atoms with Crippen molar-refractivity contribution in [3.63, 3.8) is 0 Å². The predicted molar refractivity (Wildman–Crippen MR) is 88.5 cm³/mol. The van der Waals surface area contributed by atoms with Crippen LogP contribution in [0.4, 0.5) is 0 Å². The molecule has 0 saturated carbocycles. The molecule has 1 aliphatic rings. The maximum atomic E-state index is 12.8. The molecule has 1 aromatic rings. The molecule has 2 rings (SSSR count). The van der Waals surface area contributed by atoms with Crippen molar-refractivity contribution >= 4 is 11.8 Å². The van der Waals surface area contributed by atoms with E-state index in [1.807, 2.05) is 6.92 Å². The zero-order valence-corrected chi connectivity index (χ0v) is 14.4. The van der Waals surface area contributed by atoms with E-state index in [4.69, 9.17) is 14.2 Å². The van der Waals surface area contributed by atoms with E-state index < -0.39 is 0 Å². The van der Waals surface area contributed by atoms with Gasteiger partial charge in [-0.05, 0) is 19.1 Å². The number of para-hydroxylation sites is 1. The second kappa shape index (κ2) is 8.54. The Hall–Kier alpha value is -2.28. The Morgan fingerprint density at radius 3 is 2.29 bits per heavy atom. The highest BCUT2D eigenvalue weighted by Crippen LogP contribution is 2.31. The normalized spacial score (nSPS) is 14.5. The fraction of sp³-hybridized carbons (Fsp3) is 0.529. The minimum atomic E-state index is -0.123. The maximum absolute atomic E-state index is 12.8. The Morgan fingerprint density at radius 1 is 1.04 bits per heavy atom. The third-order valence-electron chi connectivity index (χ3n) is 3.98. The number of benzene rings is 1. The van der Waals surface area contributed by atoms with Gasteiger partial charge in [-0.25, -0.2) is 0 Å². The van der Waals surface area contributed by atoms with Crippen LogP contribution in [0.2, 0.25) is 0 Å². The molecule has 1 heterocycles. The summed E-state index contributed by atoms with van der Waals surface area (Å²) in [5.74, 6) is 0.791. The van der Waals surface area contributed by atoms with Gasteiger partial charge in [0, 0.05) is 32.8 Å². The molecule has 0 radical (unpaired) electrons. The largest absolute Gasteiger partial charge is 0.493 e. The summed E-state index contributed by atoms with van der Waals surface area (Å²) in [6.45, 7) is 4.43. The van der Waals surface area contributed by atoms with E-state index in [1.165, 1.54) is 14.2 Å². The lowest BCUT2D eigenvalue weighted by molar-refractivity contribution is -0.137. The van der Waals surface area contributed by atoms with E-state index in [1.54, 1.807) is 28.0 Å². The summed E-state index contributed by atoms with van der Waals surface area (Å²) >= 11 is 0. The molecule has 132 valence electrons. The van der Waals surface area contributed by atoms with Crippen LogP contribution in [0, 0.1) is 0 Å². The van der Waals surface area contributed by atoms with Gasteiger partial charge in [0.15, 0.2) is 11.5 Å². The van der Waals surface area contributed by atoms with Gasteiger partial charge < -0.3 is 24.0 Å². The molecular weight excluding hydrogens is 312 g/mol. The number of piperazine rings is 1. The van der Waals surface area contributed by atoms with Crippen molar-refractivity contribution in [2.24, 2.45) is 0 Å². The molecule has 7 heteroatoms. The Balaban J connectivity index is 2.02. The zero-order chi connectivity index (χ0) is 17.5. The summed E-state index contributed by atoms with van der Waals surface area (Å²) in [4.78, 5) is 28.2. The number of carbonyl (C=O) groups excluding carboxylic acids is 2. The van der Waals surface area contributed by atoms with Crippen LogP contribution < -0.4 is 9.47 Å². The monoisotopic (exact) mass is 336 g/mol. The second-order valence-corrected chi connectivity index (χ2v) is 5.35. The summed E-state index contributed by atoms with van der Waals surface area (Å²) in [6.07, 6.45) is 0. The van der Waals surface area contributed by atoms with Crippen molar-refractivity contribution < 1.29 is 23.8 Å². The van der Waals surface area contributed by atoms with Gasteiger partial charge in [-0.3, -0.25) is 9.59 Å². The van der Waals surface area contributed by atoms with Gasteiger partial charge in [-0.2, -0.15) is 0 Å². The SMILES string of the molecule is CCOCC(=O)N1CCN(C(=O)c2cccc(OC)c2OC)CC1. The van der Waals surface area contributed by atoms with E-state index >= 15 is 0 Å². The summed E-state index contributed by atoms with van der Waals surface area (Å²) in [5.41, 5.74) is 0.464. The van der Waals surface area contributed by atoms with Crippen molar-refractivity contribution in [2.45, 2.75) is 6.92 Å². The van der Waals surface area contributed by atoms with Crippen LogP contribution in [0.3, 0.4) is 0 Å². The first kappa shape index (κ1) is 18.1. The lowest BCUT2D eigenvalue weighted by Crippen LogP contribution is -2.51. The van der Waals surface area contributed by atoms with E-state index in [0.717, 1.165) is 0 Å². The first-order valence-electron chi connectivity index (χ1n) is 7.98. The standard InChI is InChI=1S/C17H24N2O5/c1-4-24-12-15(20)18-8-10-19(11-9-18)17(21)13-6-5-7-14(22-2)16(13)23-3/h5-7H,4,8-12H2,1-3H3. The molecule has 1 aromatic carbocycles.